The van der Waals surface area contributed by atoms with Gasteiger partial charge in [0.1, 0.15) is 12.3 Å². The summed E-state index contributed by atoms with van der Waals surface area (Å²) in [5.74, 6) is 0. The molecular formula is C15H22FNO3. The molecule has 1 aromatic carbocycles. The second-order valence-corrected chi connectivity index (χ2v) is 5.18. The average molecular weight is 283 g/mol. The van der Waals surface area contributed by atoms with Crippen LogP contribution >= 0.6 is 0 Å². The highest BCUT2D eigenvalue weighted by atomic mass is 19.1. The van der Waals surface area contributed by atoms with Gasteiger partial charge in [0, 0.05) is 7.11 Å². The van der Waals surface area contributed by atoms with E-state index in [0.29, 0.717) is 6.61 Å². The molecule has 112 valence electrons. The number of hydrogen-bond donors (Lipinski definition) is 0. The van der Waals surface area contributed by atoms with Gasteiger partial charge in [-0.2, -0.15) is 0 Å². The van der Waals surface area contributed by atoms with Gasteiger partial charge in [0.2, 0.25) is 0 Å². The van der Waals surface area contributed by atoms with Gasteiger partial charge in [0.25, 0.3) is 0 Å². The molecule has 0 N–H and O–H groups in total. The normalized spacial score (nSPS) is 30.1. The molecule has 0 saturated carbocycles. The zero-order chi connectivity index (χ0) is 14.5. The zero-order valence-corrected chi connectivity index (χ0v) is 12.2. The Labute approximate surface area is 119 Å². The third-order valence-electron chi connectivity index (χ3n) is 3.49. The maximum atomic E-state index is 14.3. The molecule has 4 atom stereocenters. The first-order chi connectivity index (χ1) is 9.63. The van der Waals surface area contributed by atoms with Gasteiger partial charge < -0.3 is 14.2 Å². The van der Waals surface area contributed by atoms with Crippen molar-refractivity contribution < 1.29 is 18.6 Å². The minimum atomic E-state index is -1.12. The summed E-state index contributed by atoms with van der Waals surface area (Å²) in [6.45, 7) is 0.679. The number of hydrogen-bond acceptors (Lipinski definition) is 4. The lowest BCUT2D eigenvalue weighted by Gasteiger charge is -2.24. The van der Waals surface area contributed by atoms with Crippen LogP contribution < -0.4 is 0 Å². The summed E-state index contributed by atoms with van der Waals surface area (Å²) >= 11 is 0. The number of halogens is 1. The number of benzene rings is 1. The highest BCUT2D eigenvalue weighted by Crippen LogP contribution is 2.27. The number of alkyl halides is 1. The number of nitrogens with zero attached hydrogens (tertiary/aromatic N) is 1. The average Bonchev–Trinajstić information content (AvgIpc) is 2.77. The molecule has 0 unspecified atom stereocenters. The van der Waals surface area contributed by atoms with Crippen molar-refractivity contribution in [3.63, 3.8) is 0 Å². The first kappa shape index (κ1) is 15.4. The maximum Gasteiger partial charge on any atom is 0.176 e. The lowest BCUT2D eigenvalue weighted by molar-refractivity contribution is -0.145. The Morgan fingerprint density at radius 3 is 2.50 bits per heavy atom. The van der Waals surface area contributed by atoms with E-state index in [-0.39, 0.29) is 6.61 Å². The number of ether oxygens (including phenoxy) is 3. The van der Waals surface area contributed by atoms with E-state index in [2.05, 4.69) is 0 Å². The highest BCUT2D eigenvalue weighted by Gasteiger charge is 2.46. The van der Waals surface area contributed by atoms with Gasteiger partial charge in [-0.05, 0) is 19.7 Å². The molecule has 1 fully saturated rings. The van der Waals surface area contributed by atoms with E-state index in [1.165, 1.54) is 7.11 Å². The van der Waals surface area contributed by atoms with Crippen molar-refractivity contribution in [1.29, 1.82) is 0 Å². The van der Waals surface area contributed by atoms with Gasteiger partial charge in [-0.1, -0.05) is 30.3 Å². The molecule has 0 spiro atoms. The monoisotopic (exact) mass is 283 g/mol. The van der Waals surface area contributed by atoms with Crippen molar-refractivity contribution in [3.8, 4) is 0 Å². The second kappa shape index (κ2) is 7.13. The standard InChI is InChI=1S/C15H22FNO3/c1-17(2)14-13(16)12(20-15(14)18-3)10-19-9-11-7-5-4-6-8-11/h4-8,12-15H,9-10H2,1-3H3/t12-,13-,14+,15+/m1/s1. The molecule has 4 nitrogen and oxygen atoms in total. The van der Waals surface area contributed by atoms with E-state index in [0.717, 1.165) is 5.56 Å². The van der Waals surface area contributed by atoms with E-state index in [4.69, 9.17) is 14.2 Å². The summed E-state index contributed by atoms with van der Waals surface area (Å²) in [5, 5.41) is 0. The van der Waals surface area contributed by atoms with Gasteiger partial charge in [-0.3, -0.25) is 4.90 Å². The highest BCUT2D eigenvalue weighted by molar-refractivity contribution is 5.13. The summed E-state index contributed by atoms with van der Waals surface area (Å²) in [6.07, 6.45) is -2.26. The molecule has 1 aliphatic rings. The van der Waals surface area contributed by atoms with Gasteiger partial charge in [0.15, 0.2) is 6.29 Å². The van der Waals surface area contributed by atoms with Gasteiger partial charge in [-0.25, -0.2) is 4.39 Å². The minimum absolute atomic E-state index is 0.222. The van der Waals surface area contributed by atoms with Crippen LogP contribution in [0.3, 0.4) is 0 Å². The molecular weight excluding hydrogens is 261 g/mol. The Hall–Kier alpha value is -1.01. The van der Waals surface area contributed by atoms with Crippen molar-refractivity contribution in [2.45, 2.75) is 31.2 Å². The van der Waals surface area contributed by atoms with Crippen LogP contribution in [0.4, 0.5) is 4.39 Å². The molecule has 0 aliphatic carbocycles. The molecule has 2 rings (SSSR count). The van der Waals surface area contributed by atoms with Crippen LogP contribution in [0.5, 0.6) is 0 Å². The van der Waals surface area contributed by atoms with E-state index < -0.39 is 24.6 Å². The molecule has 0 radical (unpaired) electrons. The fourth-order valence-electron chi connectivity index (χ4n) is 2.42. The molecule has 1 aromatic rings. The summed E-state index contributed by atoms with van der Waals surface area (Å²) in [7, 11) is 5.17. The number of likely N-dealkylation sites (N-methyl/N-ethyl adjacent to an activating group) is 1. The smallest absolute Gasteiger partial charge is 0.176 e. The van der Waals surface area contributed by atoms with Crippen molar-refractivity contribution in [1.82, 2.24) is 4.90 Å². The summed E-state index contributed by atoms with van der Waals surface area (Å²) in [6, 6.07) is 9.40. The fraction of sp³-hybridized carbons (Fsp3) is 0.600. The van der Waals surface area contributed by atoms with E-state index in [1.54, 1.807) is 4.90 Å². The largest absolute Gasteiger partial charge is 0.374 e. The zero-order valence-electron chi connectivity index (χ0n) is 12.2. The van der Waals surface area contributed by atoms with Crippen LogP contribution in [0.1, 0.15) is 5.56 Å². The third kappa shape index (κ3) is 3.55. The first-order valence-corrected chi connectivity index (χ1v) is 6.74. The summed E-state index contributed by atoms with van der Waals surface area (Å²) < 4.78 is 30.7. The summed E-state index contributed by atoms with van der Waals surface area (Å²) in [4.78, 5) is 1.79. The van der Waals surface area contributed by atoms with Gasteiger partial charge in [0.05, 0.1) is 19.3 Å². The Morgan fingerprint density at radius 1 is 1.25 bits per heavy atom. The minimum Gasteiger partial charge on any atom is -0.374 e. The first-order valence-electron chi connectivity index (χ1n) is 6.74. The Balaban J connectivity index is 1.84. The van der Waals surface area contributed by atoms with Crippen LogP contribution in [-0.2, 0) is 20.8 Å². The summed E-state index contributed by atoms with van der Waals surface area (Å²) in [5.41, 5.74) is 1.06. The topological polar surface area (TPSA) is 30.9 Å². The second-order valence-electron chi connectivity index (χ2n) is 5.18. The molecule has 1 aliphatic heterocycles. The Bertz CT molecular complexity index is 401. The molecule has 5 heteroatoms. The van der Waals surface area contributed by atoms with E-state index in [1.807, 2.05) is 44.4 Å². The fourth-order valence-corrected chi connectivity index (χ4v) is 2.42. The van der Waals surface area contributed by atoms with Crippen molar-refractivity contribution in [3.05, 3.63) is 35.9 Å². The Kier molecular flexibility index (Phi) is 5.48. The lowest BCUT2D eigenvalue weighted by Crippen LogP contribution is -2.43. The van der Waals surface area contributed by atoms with Gasteiger partial charge in [-0.15, -0.1) is 0 Å². The van der Waals surface area contributed by atoms with Crippen LogP contribution in [0.25, 0.3) is 0 Å². The van der Waals surface area contributed by atoms with Crippen LogP contribution in [0.2, 0.25) is 0 Å². The van der Waals surface area contributed by atoms with E-state index in [9.17, 15) is 4.39 Å². The maximum absolute atomic E-state index is 14.3. The van der Waals surface area contributed by atoms with Crippen molar-refractivity contribution >= 4 is 0 Å². The third-order valence-corrected chi connectivity index (χ3v) is 3.49. The molecule has 0 aromatic heterocycles. The number of rotatable bonds is 6. The predicted octanol–water partition coefficient (Wildman–Crippen LogP) is 1.84. The van der Waals surface area contributed by atoms with Crippen LogP contribution in [0.15, 0.2) is 30.3 Å². The lowest BCUT2D eigenvalue weighted by atomic mass is 10.1. The van der Waals surface area contributed by atoms with Crippen LogP contribution in [-0.4, -0.2) is 57.3 Å². The molecule has 1 saturated heterocycles. The predicted molar refractivity (Wildman–Crippen MR) is 74.1 cm³/mol. The van der Waals surface area contributed by atoms with Crippen LogP contribution in [0, 0.1) is 0 Å². The van der Waals surface area contributed by atoms with Crippen molar-refractivity contribution in [2.24, 2.45) is 0 Å². The molecule has 1 heterocycles. The SMILES string of the molecule is CO[C@H]1O[C@H](COCc2ccccc2)[C@@H](F)[C@@H]1N(C)C. The molecule has 0 bridgehead atoms. The van der Waals surface area contributed by atoms with E-state index >= 15 is 0 Å². The molecule has 20 heavy (non-hydrogen) atoms. The van der Waals surface area contributed by atoms with Gasteiger partial charge >= 0.3 is 0 Å². The Morgan fingerprint density at radius 2 is 1.95 bits per heavy atom. The van der Waals surface area contributed by atoms with Crippen molar-refractivity contribution in [2.75, 3.05) is 27.8 Å². The molecule has 0 amide bonds. The number of methoxy groups -OCH3 is 1. The quantitative estimate of drug-likeness (QED) is 0.797.